The number of aryl methyl sites for hydroxylation is 1. The summed E-state index contributed by atoms with van der Waals surface area (Å²) in [6.07, 6.45) is 2.71. The molecule has 7 aromatic carbocycles. The average Bonchev–Trinajstić information content (AvgIpc) is 3.56. The van der Waals surface area contributed by atoms with E-state index in [9.17, 15) is 0 Å². The lowest BCUT2D eigenvalue weighted by Gasteiger charge is -2.18. The monoisotopic (exact) mass is 627 g/mol. The molecule has 0 saturated carbocycles. The molecule has 3 heteroatoms. The standard InChI is InChI=1S/C46H33N3/c1-2-44-48-42-25-7-8-26-43(42)49(44)36-19-13-15-32(30-36)31-14-11-17-34(28-31)45-37-20-3-5-22-39(37)46(40-23-6-4-21-38(40)45)35-18-12-16-33(29-35)41-24-9-10-27-47-41/h3-30H,2H2,1H3. The van der Waals surface area contributed by atoms with Gasteiger partial charge in [-0.3, -0.25) is 9.55 Å². The average molecular weight is 628 g/mol. The number of fused-ring (bicyclic) bond motifs is 3. The SMILES string of the molecule is CCc1nc2ccccc2n1-c1cccc(-c2cccc(-c3c4ccccc4c(-c4cccc(-c5ccccn5)c4)c4ccccc34)c2)c1. The Morgan fingerprint density at radius 2 is 1.00 bits per heavy atom. The molecule has 0 bridgehead atoms. The van der Waals surface area contributed by atoms with E-state index in [-0.39, 0.29) is 0 Å². The van der Waals surface area contributed by atoms with Crippen molar-refractivity contribution in [2.24, 2.45) is 0 Å². The topological polar surface area (TPSA) is 30.7 Å². The molecule has 0 spiro atoms. The summed E-state index contributed by atoms with van der Waals surface area (Å²) in [7, 11) is 0. The van der Waals surface area contributed by atoms with Crippen molar-refractivity contribution in [1.82, 2.24) is 14.5 Å². The molecule has 0 aliphatic carbocycles. The Morgan fingerprint density at radius 1 is 0.469 bits per heavy atom. The molecular weight excluding hydrogens is 595 g/mol. The van der Waals surface area contributed by atoms with Crippen LogP contribution in [0.2, 0.25) is 0 Å². The molecule has 0 saturated heterocycles. The van der Waals surface area contributed by atoms with Crippen LogP contribution < -0.4 is 0 Å². The Bertz CT molecular complexity index is 2590. The normalized spacial score (nSPS) is 11.4. The minimum absolute atomic E-state index is 0.859. The number of nitrogens with zero attached hydrogens (tertiary/aromatic N) is 3. The van der Waals surface area contributed by atoms with Crippen LogP contribution in [0.3, 0.4) is 0 Å². The first kappa shape index (κ1) is 28.9. The van der Waals surface area contributed by atoms with Gasteiger partial charge < -0.3 is 0 Å². The fourth-order valence-corrected chi connectivity index (χ4v) is 7.40. The molecule has 2 heterocycles. The van der Waals surface area contributed by atoms with Crippen molar-refractivity contribution in [3.63, 3.8) is 0 Å². The van der Waals surface area contributed by atoms with E-state index < -0.39 is 0 Å². The maximum absolute atomic E-state index is 4.93. The van der Waals surface area contributed by atoms with Crippen molar-refractivity contribution in [2.45, 2.75) is 13.3 Å². The molecule has 9 aromatic rings. The van der Waals surface area contributed by atoms with E-state index in [0.29, 0.717) is 0 Å². The van der Waals surface area contributed by atoms with Gasteiger partial charge in [0, 0.05) is 23.9 Å². The highest BCUT2D eigenvalue weighted by Gasteiger charge is 2.18. The largest absolute Gasteiger partial charge is 0.296 e. The van der Waals surface area contributed by atoms with Gasteiger partial charge in [-0.15, -0.1) is 0 Å². The molecule has 3 nitrogen and oxygen atoms in total. The van der Waals surface area contributed by atoms with Gasteiger partial charge in [-0.25, -0.2) is 4.98 Å². The fourth-order valence-electron chi connectivity index (χ4n) is 7.40. The molecule has 0 fully saturated rings. The second-order valence-electron chi connectivity index (χ2n) is 12.5. The molecule has 0 amide bonds. The minimum atomic E-state index is 0.859. The summed E-state index contributed by atoms with van der Waals surface area (Å²) in [6.45, 7) is 2.17. The van der Waals surface area contributed by atoms with Crippen molar-refractivity contribution in [1.29, 1.82) is 0 Å². The van der Waals surface area contributed by atoms with Gasteiger partial charge in [0.05, 0.1) is 16.7 Å². The smallest absolute Gasteiger partial charge is 0.114 e. The maximum Gasteiger partial charge on any atom is 0.114 e. The zero-order chi connectivity index (χ0) is 32.7. The van der Waals surface area contributed by atoms with E-state index in [2.05, 4.69) is 168 Å². The summed E-state index contributed by atoms with van der Waals surface area (Å²) in [5.41, 5.74) is 12.6. The summed E-state index contributed by atoms with van der Waals surface area (Å²) in [5.74, 6) is 1.07. The van der Waals surface area contributed by atoms with E-state index in [1.165, 1.54) is 54.9 Å². The van der Waals surface area contributed by atoms with Crippen LogP contribution in [-0.4, -0.2) is 14.5 Å². The van der Waals surface area contributed by atoms with Crippen LogP contribution in [0.25, 0.3) is 82.9 Å². The van der Waals surface area contributed by atoms with Crippen LogP contribution in [0.1, 0.15) is 12.7 Å². The predicted molar refractivity (Wildman–Crippen MR) is 205 cm³/mol. The van der Waals surface area contributed by atoms with Crippen LogP contribution >= 0.6 is 0 Å². The van der Waals surface area contributed by atoms with Crippen molar-refractivity contribution < 1.29 is 0 Å². The van der Waals surface area contributed by atoms with Crippen LogP contribution in [0.15, 0.2) is 170 Å². The number of hydrogen-bond donors (Lipinski definition) is 0. The number of rotatable bonds is 6. The van der Waals surface area contributed by atoms with E-state index in [0.717, 1.165) is 40.2 Å². The number of pyridine rings is 1. The first-order valence-electron chi connectivity index (χ1n) is 16.9. The lowest BCUT2D eigenvalue weighted by atomic mass is 9.85. The summed E-state index contributed by atoms with van der Waals surface area (Å²) in [5, 5.41) is 4.95. The molecule has 0 N–H and O–H groups in total. The Balaban J connectivity index is 1.22. The number of para-hydroxylation sites is 2. The number of aromatic nitrogens is 3. The number of imidazole rings is 1. The van der Waals surface area contributed by atoms with Crippen LogP contribution in [-0.2, 0) is 6.42 Å². The number of hydrogen-bond acceptors (Lipinski definition) is 2. The second kappa shape index (κ2) is 12.0. The molecule has 49 heavy (non-hydrogen) atoms. The lowest BCUT2D eigenvalue weighted by Crippen LogP contribution is -2.00. The van der Waals surface area contributed by atoms with Gasteiger partial charge >= 0.3 is 0 Å². The van der Waals surface area contributed by atoms with Crippen molar-refractivity contribution >= 4 is 32.6 Å². The Hall–Kier alpha value is -6.32. The molecule has 0 aliphatic rings. The fraction of sp³-hybridized carbons (Fsp3) is 0.0435. The lowest BCUT2D eigenvalue weighted by molar-refractivity contribution is 0.908. The molecule has 0 unspecified atom stereocenters. The summed E-state index contributed by atoms with van der Waals surface area (Å²) in [6, 6.07) is 58.8. The zero-order valence-corrected chi connectivity index (χ0v) is 27.2. The summed E-state index contributed by atoms with van der Waals surface area (Å²) < 4.78 is 2.30. The molecule has 0 radical (unpaired) electrons. The van der Waals surface area contributed by atoms with E-state index in [1.807, 2.05) is 18.3 Å². The van der Waals surface area contributed by atoms with Crippen LogP contribution in [0, 0.1) is 0 Å². The van der Waals surface area contributed by atoms with Gasteiger partial charge in [-0.2, -0.15) is 0 Å². The van der Waals surface area contributed by atoms with Crippen molar-refractivity contribution in [2.75, 3.05) is 0 Å². The van der Waals surface area contributed by atoms with Gasteiger partial charge in [0.2, 0.25) is 0 Å². The van der Waals surface area contributed by atoms with Crippen LogP contribution in [0.5, 0.6) is 0 Å². The third kappa shape index (κ3) is 4.99. The second-order valence-corrected chi connectivity index (χ2v) is 12.5. The molecule has 2 aromatic heterocycles. The number of benzene rings is 7. The minimum Gasteiger partial charge on any atom is -0.296 e. The van der Waals surface area contributed by atoms with Gasteiger partial charge in [0.1, 0.15) is 5.82 Å². The van der Waals surface area contributed by atoms with E-state index >= 15 is 0 Å². The third-order valence-corrected chi connectivity index (χ3v) is 9.58. The molecule has 0 aliphatic heterocycles. The van der Waals surface area contributed by atoms with Gasteiger partial charge in [0.25, 0.3) is 0 Å². The van der Waals surface area contributed by atoms with Gasteiger partial charge in [0.15, 0.2) is 0 Å². The summed E-state index contributed by atoms with van der Waals surface area (Å²) >= 11 is 0. The Morgan fingerprint density at radius 3 is 1.63 bits per heavy atom. The van der Waals surface area contributed by atoms with Gasteiger partial charge in [-0.1, -0.05) is 122 Å². The van der Waals surface area contributed by atoms with Crippen molar-refractivity contribution in [3.8, 4) is 50.3 Å². The van der Waals surface area contributed by atoms with E-state index in [4.69, 9.17) is 4.98 Å². The van der Waals surface area contributed by atoms with Gasteiger partial charge in [-0.05, 0) is 103 Å². The third-order valence-electron chi connectivity index (χ3n) is 9.58. The Kier molecular flexibility index (Phi) is 7.09. The predicted octanol–water partition coefficient (Wildman–Crippen LogP) is 12.0. The molecule has 232 valence electrons. The molecular formula is C46H33N3. The maximum atomic E-state index is 4.93. The zero-order valence-electron chi connectivity index (χ0n) is 27.2. The van der Waals surface area contributed by atoms with Crippen LogP contribution in [0.4, 0.5) is 0 Å². The molecule has 0 atom stereocenters. The summed E-state index contributed by atoms with van der Waals surface area (Å²) in [4.78, 5) is 9.56. The quantitative estimate of drug-likeness (QED) is 0.172. The van der Waals surface area contributed by atoms with E-state index in [1.54, 1.807) is 0 Å². The van der Waals surface area contributed by atoms with Crippen molar-refractivity contribution in [3.05, 3.63) is 176 Å². The highest BCUT2D eigenvalue weighted by atomic mass is 15.1. The highest BCUT2D eigenvalue weighted by molar-refractivity contribution is 6.21. The first-order valence-corrected chi connectivity index (χ1v) is 16.9. The Labute approximate surface area is 285 Å². The molecule has 9 rings (SSSR count). The highest BCUT2D eigenvalue weighted by Crippen LogP contribution is 2.44. The first-order chi connectivity index (χ1) is 24.3.